The lowest BCUT2D eigenvalue weighted by molar-refractivity contribution is -0.122. The number of aliphatic hydroxyl groups is 1. The molecule has 124 valence electrons. The number of para-hydroxylation sites is 1. The maximum atomic E-state index is 12.2. The highest BCUT2D eigenvalue weighted by Gasteiger charge is 2.25. The third-order valence-electron chi connectivity index (χ3n) is 4.82. The van der Waals surface area contributed by atoms with Crippen molar-refractivity contribution in [3.8, 4) is 0 Å². The van der Waals surface area contributed by atoms with Crippen LogP contribution in [0.15, 0.2) is 24.3 Å². The van der Waals surface area contributed by atoms with E-state index in [-0.39, 0.29) is 24.0 Å². The fraction of sp³-hybridized carbons (Fsp3) is 0.556. The van der Waals surface area contributed by atoms with Gasteiger partial charge in [0, 0.05) is 31.1 Å². The molecule has 1 fully saturated rings. The fourth-order valence-corrected chi connectivity index (χ4v) is 3.47. The van der Waals surface area contributed by atoms with Crippen molar-refractivity contribution < 1.29 is 14.7 Å². The Bertz CT molecular complexity index is 579. The summed E-state index contributed by atoms with van der Waals surface area (Å²) in [5, 5.41) is 12.5. The van der Waals surface area contributed by atoms with Crippen molar-refractivity contribution in [1.29, 1.82) is 0 Å². The summed E-state index contributed by atoms with van der Waals surface area (Å²) in [6.07, 6.45) is 4.56. The van der Waals surface area contributed by atoms with Gasteiger partial charge in [0.1, 0.15) is 0 Å². The summed E-state index contributed by atoms with van der Waals surface area (Å²) >= 11 is 0. The monoisotopic (exact) mass is 316 g/mol. The number of benzene rings is 1. The first-order valence-corrected chi connectivity index (χ1v) is 8.49. The molecule has 1 saturated carbocycles. The molecule has 1 aromatic rings. The van der Waals surface area contributed by atoms with Crippen LogP contribution in [-0.2, 0) is 16.0 Å². The average Bonchev–Trinajstić information content (AvgIpc) is 2.56. The molecule has 0 aromatic heterocycles. The van der Waals surface area contributed by atoms with Gasteiger partial charge in [-0.2, -0.15) is 0 Å². The Kier molecular flexibility index (Phi) is 4.96. The second-order valence-electron chi connectivity index (χ2n) is 6.50. The van der Waals surface area contributed by atoms with Crippen molar-refractivity contribution in [3.05, 3.63) is 29.8 Å². The Balaban J connectivity index is 1.53. The van der Waals surface area contributed by atoms with E-state index in [0.717, 1.165) is 37.8 Å². The number of fused-ring (bicyclic) bond motifs is 1. The van der Waals surface area contributed by atoms with E-state index in [9.17, 15) is 14.7 Å². The molecule has 3 rings (SSSR count). The summed E-state index contributed by atoms with van der Waals surface area (Å²) in [6.45, 7) is 0.428. The predicted molar refractivity (Wildman–Crippen MR) is 88.1 cm³/mol. The van der Waals surface area contributed by atoms with Crippen LogP contribution in [0.5, 0.6) is 0 Å². The first kappa shape index (κ1) is 16.0. The second kappa shape index (κ2) is 7.13. The number of carbonyl (C=O) groups is 2. The molecule has 0 unspecified atom stereocenters. The third kappa shape index (κ3) is 3.91. The van der Waals surface area contributed by atoms with Gasteiger partial charge in [-0.1, -0.05) is 18.2 Å². The van der Waals surface area contributed by atoms with Crippen molar-refractivity contribution in [3.63, 3.8) is 0 Å². The van der Waals surface area contributed by atoms with E-state index >= 15 is 0 Å². The topological polar surface area (TPSA) is 69.6 Å². The van der Waals surface area contributed by atoms with Crippen LogP contribution in [0.1, 0.15) is 44.1 Å². The summed E-state index contributed by atoms with van der Waals surface area (Å²) in [4.78, 5) is 26.0. The number of aliphatic hydroxyl groups excluding tert-OH is 1. The molecule has 2 aliphatic rings. The molecule has 1 heterocycles. The molecule has 23 heavy (non-hydrogen) atoms. The minimum Gasteiger partial charge on any atom is -0.393 e. The van der Waals surface area contributed by atoms with Crippen LogP contribution in [0, 0.1) is 0 Å². The Morgan fingerprint density at radius 3 is 2.70 bits per heavy atom. The minimum atomic E-state index is -0.217. The zero-order valence-electron chi connectivity index (χ0n) is 13.3. The van der Waals surface area contributed by atoms with Gasteiger partial charge in [0.05, 0.1) is 6.10 Å². The SMILES string of the molecule is O=C(CCN1C(=O)CCc2ccccc21)NC1CCC(O)CC1. The fourth-order valence-electron chi connectivity index (χ4n) is 3.47. The number of nitrogens with zero attached hydrogens (tertiary/aromatic N) is 1. The van der Waals surface area contributed by atoms with Gasteiger partial charge in [-0.25, -0.2) is 0 Å². The molecule has 1 aromatic carbocycles. The molecule has 0 radical (unpaired) electrons. The van der Waals surface area contributed by atoms with Crippen LogP contribution in [0.2, 0.25) is 0 Å². The van der Waals surface area contributed by atoms with E-state index in [4.69, 9.17) is 0 Å². The first-order chi connectivity index (χ1) is 11.1. The lowest BCUT2D eigenvalue weighted by atomic mass is 9.93. The molecule has 2 N–H and O–H groups in total. The van der Waals surface area contributed by atoms with Gasteiger partial charge in [-0.15, -0.1) is 0 Å². The lowest BCUT2D eigenvalue weighted by Gasteiger charge is -2.30. The quantitative estimate of drug-likeness (QED) is 0.889. The molecule has 5 heteroatoms. The molecule has 1 aliphatic carbocycles. The number of aryl methyl sites for hydroxylation is 1. The number of rotatable bonds is 4. The van der Waals surface area contributed by atoms with E-state index in [1.807, 2.05) is 24.3 Å². The molecule has 0 spiro atoms. The minimum absolute atomic E-state index is 0.0118. The largest absolute Gasteiger partial charge is 0.393 e. The molecular formula is C18H24N2O3. The maximum absolute atomic E-state index is 12.2. The lowest BCUT2D eigenvalue weighted by Crippen LogP contribution is -2.42. The molecule has 0 bridgehead atoms. The number of anilines is 1. The summed E-state index contributed by atoms with van der Waals surface area (Å²) in [5.41, 5.74) is 2.12. The van der Waals surface area contributed by atoms with Gasteiger partial charge >= 0.3 is 0 Å². The molecule has 0 atom stereocenters. The van der Waals surface area contributed by atoms with Gasteiger partial charge in [-0.05, 0) is 43.7 Å². The molecule has 1 aliphatic heterocycles. The van der Waals surface area contributed by atoms with Gasteiger partial charge in [-0.3, -0.25) is 9.59 Å². The van der Waals surface area contributed by atoms with Gasteiger partial charge in [0.15, 0.2) is 0 Å². The van der Waals surface area contributed by atoms with E-state index in [0.29, 0.717) is 19.4 Å². The maximum Gasteiger partial charge on any atom is 0.227 e. The van der Waals surface area contributed by atoms with Crippen molar-refractivity contribution in [2.24, 2.45) is 0 Å². The standard InChI is InChI=1S/C18H24N2O3/c21-15-8-6-14(7-9-15)19-17(22)11-12-20-16-4-2-1-3-13(16)5-10-18(20)23/h1-4,14-15,21H,5-12H2,(H,19,22). The summed E-state index contributed by atoms with van der Waals surface area (Å²) in [7, 11) is 0. The van der Waals surface area contributed by atoms with Gasteiger partial charge in [0.25, 0.3) is 0 Å². The highest BCUT2D eigenvalue weighted by Crippen LogP contribution is 2.27. The number of amides is 2. The molecule has 5 nitrogen and oxygen atoms in total. The zero-order chi connectivity index (χ0) is 16.2. The second-order valence-corrected chi connectivity index (χ2v) is 6.50. The normalized spacial score (nSPS) is 24.2. The number of hydrogen-bond acceptors (Lipinski definition) is 3. The first-order valence-electron chi connectivity index (χ1n) is 8.49. The number of nitrogens with one attached hydrogen (secondary N) is 1. The summed E-state index contributed by atoms with van der Waals surface area (Å²) in [5.74, 6) is 0.0829. The molecular weight excluding hydrogens is 292 g/mol. The van der Waals surface area contributed by atoms with Crippen LogP contribution in [0.3, 0.4) is 0 Å². The third-order valence-corrected chi connectivity index (χ3v) is 4.82. The van der Waals surface area contributed by atoms with Crippen molar-refractivity contribution in [2.45, 2.75) is 57.1 Å². The van der Waals surface area contributed by atoms with Gasteiger partial charge in [0.2, 0.25) is 11.8 Å². The summed E-state index contributed by atoms with van der Waals surface area (Å²) < 4.78 is 0. The van der Waals surface area contributed by atoms with Crippen LogP contribution in [-0.4, -0.2) is 35.6 Å². The molecule has 2 amide bonds. The van der Waals surface area contributed by atoms with E-state index in [1.54, 1.807) is 4.90 Å². The van der Waals surface area contributed by atoms with Crippen molar-refractivity contribution in [2.75, 3.05) is 11.4 Å². The highest BCUT2D eigenvalue weighted by atomic mass is 16.3. The zero-order valence-corrected chi connectivity index (χ0v) is 13.3. The van der Waals surface area contributed by atoms with Crippen molar-refractivity contribution >= 4 is 17.5 Å². The van der Waals surface area contributed by atoms with Crippen LogP contribution < -0.4 is 10.2 Å². The van der Waals surface area contributed by atoms with Gasteiger partial charge < -0.3 is 15.3 Å². The van der Waals surface area contributed by atoms with Crippen LogP contribution >= 0.6 is 0 Å². The van der Waals surface area contributed by atoms with E-state index in [2.05, 4.69) is 5.32 Å². The van der Waals surface area contributed by atoms with Crippen LogP contribution in [0.25, 0.3) is 0 Å². The Morgan fingerprint density at radius 1 is 1.17 bits per heavy atom. The average molecular weight is 316 g/mol. The Morgan fingerprint density at radius 2 is 1.91 bits per heavy atom. The van der Waals surface area contributed by atoms with E-state index < -0.39 is 0 Å². The summed E-state index contributed by atoms with van der Waals surface area (Å²) in [6, 6.07) is 8.07. The van der Waals surface area contributed by atoms with Crippen LogP contribution in [0.4, 0.5) is 5.69 Å². The smallest absolute Gasteiger partial charge is 0.227 e. The Hall–Kier alpha value is -1.88. The predicted octanol–water partition coefficient (Wildman–Crippen LogP) is 1.78. The Labute approximate surface area is 136 Å². The molecule has 0 saturated heterocycles. The number of hydrogen-bond donors (Lipinski definition) is 2. The number of carbonyl (C=O) groups excluding carboxylic acids is 2. The highest BCUT2D eigenvalue weighted by molar-refractivity contribution is 5.97. The van der Waals surface area contributed by atoms with E-state index in [1.165, 1.54) is 5.56 Å². The van der Waals surface area contributed by atoms with Crippen molar-refractivity contribution in [1.82, 2.24) is 5.32 Å².